The third-order valence-corrected chi connectivity index (χ3v) is 2.36. The first-order chi connectivity index (χ1) is 6.69. The van der Waals surface area contributed by atoms with Crippen LogP contribution in [0.25, 0.3) is 0 Å². The normalized spacial score (nSPS) is 12.7. The summed E-state index contributed by atoms with van der Waals surface area (Å²) >= 11 is 1.60. The van der Waals surface area contributed by atoms with Gasteiger partial charge in [0, 0.05) is 19.1 Å². The summed E-state index contributed by atoms with van der Waals surface area (Å²) in [5, 5.41) is 0. The Morgan fingerprint density at radius 3 is 3.00 bits per heavy atom. The van der Waals surface area contributed by atoms with Gasteiger partial charge in [-0.25, -0.2) is 4.79 Å². The van der Waals surface area contributed by atoms with Gasteiger partial charge in [-0.2, -0.15) is 16.7 Å². The molecular weight excluding hydrogens is 202 g/mol. The van der Waals surface area contributed by atoms with Crippen molar-refractivity contribution in [2.24, 2.45) is 0 Å². The fourth-order valence-electron chi connectivity index (χ4n) is 1.05. The maximum absolute atomic E-state index is 11.4. The average molecular weight is 215 g/mol. The van der Waals surface area contributed by atoms with E-state index >= 15 is 0 Å². The van der Waals surface area contributed by atoms with Crippen LogP contribution in [0.2, 0.25) is 0 Å². The number of nitrogens with two attached hydrogens (primary N) is 1. The van der Waals surface area contributed by atoms with E-state index in [1.807, 2.05) is 6.26 Å². The molecule has 78 valence electrons. The van der Waals surface area contributed by atoms with Crippen LogP contribution in [-0.2, 0) is 4.74 Å². The topological polar surface area (TPSA) is 70.1 Å². The highest BCUT2D eigenvalue weighted by Crippen LogP contribution is 2.10. The summed E-state index contributed by atoms with van der Waals surface area (Å²) in [7, 11) is 1.56. The molecule has 0 spiro atoms. The molecule has 0 fully saturated rings. The number of nitrogens with zero attached hydrogens (tertiary/aromatic N) is 2. The van der Waals surface area contributed by atoms with Crippen molar-refractivity contribution in [3.8, 4) is 0 Å². The molecule has 0 bridgehead atoms. The molecule has 0 aliphatic heterocycles. The third-order valence-electron chi connectivity index (χ3n) is 1.74. The molecule has 0 amide bonds. The molecule has 5 nitrogen and oxygen atoms in total. The number of ether oxygens (including phenoxy) is 1. The van der Waals surface area contributed by atoms with E-state index in [4.69, 9.17) is 10.5 Å². The highest BCUT2D eigenvalue weighted by Gasteiger charge is 2.10. The summed E-state index contributed by atoms with van der Waals surface area (Å²) in [6.07, 6.45) is 3.25. The van der Waals surface area contributed by atoms with E-state index in [2.05, 4.69) is 4.98 Å². The Labute approximate surface area is 86.3 Å². The fourth-order valence-corrected chi connectivity index (χ4v) is 1.63. The van der Waals surface area contributed by atoms with Gasteiger partial charge >= 0.3 is 5.69 Å². The maximum Gasteiger partial charge on any atom is 0.351 e. The van der Waals surface area contributed by atoms with Crippen LogP contribution < -0.4 is 11.4 Å². The Bertz CT molecular complexity index is 353. The second-order valence-electron chi connectivity index (χ2n) is 2.69. The molecule has 0 aliphatic carbocycles. The van der Waals surface area contributed by atoms with Gasteiger partial charge in [0.25, 0.3) is 0 Å². The first-order valence-corrected chi connectivity index (χ1v) is 5.44. The summed E-state index contributed by atoms with van der Waals surface area (Å²) in [5.41, 5.74) is 4.99. The van der Waals surface area contributed by atoms with Gasteiger partial charge in [-0.05, 0) is 12.3 Å². The first kappa shape index (κ1) is 11.1. The minimum atomic E-state index is -0.383. The molecule has 0 saturated heterocycles. The van der Waals surface area contributed by atoms with Crippen LogP contribution in [-0.4, -0.2) is 28.7 Å². The van der Waals surface area contributed by atoms with Gasteiger partial charge in [0.15, 0.2) is 0 Å². The molecule has 2 N–H and O–H groups in total. The van der Waals surface area contributed by atoms with Crippen molar-refractivity contribution in [3.05, 3.63) is 22.7 Å². The SMILES string of the molecule is COC(CSC)n1ccc(N)nc1=O. The van der Waals surface area contributed by atoms with Gasteiger partial charge in [0.2, 0.25) is 0 Å². The van der Waals surface area contributed by atoms with E-state index in [9.17, 15) is 4.79 Å². The van der Waals surface area contributed by atoms with E-state index in [-0.39, 0.29) is 17.7 Å². The number of hydrogen-bond donors (Lipinski definition) is 1. The van der Waals surface area contributed by atoms with Gasteiger partial charge in [0.05, 0.1) is 0 Å². The summed E-state index contributed by atoms with van der Waals surface area (Å²) in [4.78, 5) is 15.0. The van der Waals surface area contributed by atoms with E-state index < -0.39 is 0 Å². The summed E-state index contributed by atoms with van der Waals surface area (Å²) < 4.78 is 6.58. The molecule has 1 heterocycles. The summed E-state index contributed by atoms with van der Waals surface area (Å²) in [6.45, 7) is 0. The predicted molar refractivity (Wildman–Crippen MR) is 57.3 cm³/mol. The second kappa shape index (κ2) is 5.02. The summed E-state index contributed by atoms with van der Waals surface area (Å²) in [5.74, 6) is 0.924. The molecule has 0 saturated carbocycles. The quantitative estimate of drug-likeness (QED) is 0.784. The number of rotatable bonds is 4. The van der Waals surface area contributed by atoms with Crippen molar-refractivity contribution >= 4 is 17.6 Å². The predicted octanol–water partition coefficient (Wildman–Crippen LogP) is 0.334. The van der Waals surface area contributed by atoms with Gasteiger partial charge < -0.3 is 10.5 Å². The van der Waals surface area contributed by atoms with E-state index in [0.29, 0.717) is 5.75 Å². The van der Waals surface area contributed by atoms with Crippen LogP contribution in [0.3, 0.4) is 0 Å². The Balaban J connectivity index is 2.98. The molecule has 1 aromatic rings. The zero-order chi connectivity index (χ0) is 10.6. The Hall–Kier alpha value is -1.01. The summed E-state index contributed by atoms with van der Waals surface area (Å²) in [6, 6.07) is 1.58. The highest BCUT2D eigenvalue weighted by molar-refractivity contribution is 7.98. The fraction of sp³-hybridized carbons (Fsp3) is 0.500. The maximum atomic E-state index is 11.4. The van der Waals surface area contributed by atoms with Crippen molar-refractivity contribution in [1.29, 1.82) is 0 Å². The number of thioether (sulfide) groups is 1. The molecule has 6 heteroatoms. The number of aromatic nitrogens is 2. The molecule has 1 aromatic heterocycles. The number of methoxy groups -OCH3 is 1. The van der Waals surface area contributed by atoms with E-state index in [0.717, 1.165) is 0 Å². The molecule has 1 atom stereocenters. The number of hydrogen-bond acceptors (Lipinski definition) is 5. The van der Waals surface area contributed by atoms with Gasteiger partial charge in [0.1, 0.15) is 12.0 Å². The molecule has 0 radical (unpaired) electrons. The smallest absolute Gasteiger partial charge is 0.351 e. The van der Waals surface area contributed by atoms with Crippen molar-refractivity contribution in [2.45, 2.75) is 6.23 Å². The van der Waals surface area contributed by atoms with Crippen LogP contribution in [0, 0.1) is 0 Å². The van der Waals surface area contributed by atoms with Crippen molar-refractivity contribution in [1.82, 2.24) is 9.55 Å². The largest absolute Gasteiger partial charge is 0.383 e. The Morgan fingerprint density at radius 2 is 2.50 bits per heavy atom. The Morgan fingerprint density at radius 1 is 1.79 bits per heavy atom. The van der Waals surface area contributed by atoms with Crippen molar-refractivity contribution < 1.29 is 4.74 Å². The lowest BCUT2D eigenvalue weighted by molar-refractivity contribution is 0.0606. The molecule has 14 heavy (non-hydrogen) atoms. The monoisotopic (exact) mass is 215 g/mol. The minimum absolute atomic E-state index is 0.227. The van der Waals surface area contributed by atoms with Gasteiger partial charge in [-0.3, -0.25) is 4.57 Å². The third kappa shape index (κ3) is 2.49. The highest BCUT2D eigenvalue weighted by atomic mass is 32.2. The average Bonchev–Trinajstić information content (AvgIpc) is 2.15. The lowest BCUT2D eigenvalue weighted by Gasteiger charge is -2.16. The second-order valence-corrected chi connectivity index (χ2v) is 3.60. The van der Waals surface area contributed by atoms with Crippen LogP contribution in [0.15, 0.2) is 17.1 Å². The first-order valence-electron chi connectivity index (χ1n) is 4.05. The van der Waals surface area contributed by atoms with Crippen molar-refractivity contribution in [2.75, 3.05) is 24.9 Å². The van der Waals surface area contributed by atoms with Crippen molar-refractivity contribution in [3.63, 3.8) is 0 Å². The van der Waals surface area contributed by atoms with E-state index in [1.165, 1.54) is 4.57 Å². The lowest BCUT2D eigenvalue weighted by Crippen LogP contribution is -2.29. The standard InChI is InChI=1S/C8H13N3O2S/c1-13-7(5-14-2)11-4-3-6(9)10-8(11)12/h3-4,7H,5H2,1-2H3,(H2,9,10,12). The molecule has 0 aliphatic rings. The molecular formula is C8H13N3O2S. The molecule has 1 unspecified atom stereocenters. The Kier molecular flexibility index (Phi) is 3.97. The molecule has 1 rings (SSSR count). The van der Waals surface area contributed by atoms with Gasteiger partial charge in [-0.1, -0.05) is 0 Å². The van der Waals surface area contributed by atoms with E-state index in [1.54, 1.807) is 31.1 Å². The minimum Gasteiger partial charge on any atom is -0.383 e. The molecule has 0 aromatic carbocycles. The van der Waals surface area contributed by atoms with Crippen LogP contribution in [0.1, 0.15) is 6.23 Å². The lowest BCUT2D eigenvalue weighted by atomic mass is 10.5. The zero-order valence-electron chi connectivity index (χ0n) is 8.14. The van der Waals surface area contributed by atoms with Gasteiger partial charge in [-0.15, -0.1) is 0 Å². The number of anilines is 1. The van der Waals surface area contributed by atoms with Crippen LogP contribution in [0.4, 0.5) is 5.82 Å². The number of nitrogen functional groups attached to an aromatic ring is 1. The van der Waals surface area contributed by atoms with Crippen LogP contribution >= 0.6 is 11.8 Å². The zero-order valence-corrected chi connectivity index (χ0v) is 8.95. The van der Waals surface area contributed by atoms with Crippen LogP contribution in [0.5, 0.6) is 0 Å².